The highest BCUT2D eigenvalue weighted by molar-refractivity contribution is 6.03. The Kier molecular flexibility index (Phi) is 4.97. The minimum atomic E-state index is -0.498. The van der Waals surface area contributed by atoms with Crippen LogP contribution in [0, 0.1) is 5.82 Å². The van der Waals surface area contributed by atoms with Gasteiger partial charge in [0.1, 0.15) is 17.3 Å². The van der Waals surface area contributed by atoms with Crippen molar-refractivity contribution in [3.8, 4) is 16.9 Å². The van der Waals surface area contributed by atoms with Gasteiger partial charge in [-0.2, -0.15) is 5.10 Å². The Morgan fingerprint density at radius 2 is 2.04 bits per heavy atom. The van der Waals surface area contributed by atoms with E-state index in [1.807, 2.05) is 30.8 Å². The standard InChI is InChI=1S/C19H19FN4O2/c1-12(2)24-11-14(10-22-24)13-4-5-21-18(6-13)19(25)23-16-7-15(20)8-17(9-16)26-3/h4-12H,1-3H3,(H,23,25). The molecule has 134 valence electrons. The zero-order valence-electron chi connectivity index (χ0n) is 14.7. The largest absolute Gasteiger partial charge is 0.497 e. The minimum absolute atomic E-state index is 0.225. The van der Waals surface area contributed by atoms with Gasteiger partial charge in [-0.05, 0) is 37.6 Å². The summed E-state index contributed by atoms with van der Waals surface area (Å²) in [5, 5.41) is 6.94. The summed E-state index contributed by atoms with van der Waals surface area (Å²) in [4.78, 5) is 16.6. The van der Waals surface area contributed by atoms with Crippen LogP contribution in [0.15, 0.2) is 48.9 Å². The Morgan fingerprint density at radius 3 is 2.73 bits per heavy atom. The van der Waals surface area contributed by atoms with Crippen LogP contribution >= 0.6 is 0 Å². The molecule has 6 nitrogen and oxygen atoms in total. The van der Waals surface area contributed by atoms with Crippen molar-refractivity contribution in [3.05, 3.63) is 60.4 Å². The zero-order chi connectivity index (χ0) is 18.7. The summed E-state index contributed by atoms with van der Waals surface area (Å²) in [6, 6.07) is 7.73. The maximum Gasteiger partial charge on any atom is 0.274 e. The Hall–Kier alpha value is -3.22. The third-order valence-corrected chi connectivity index (χ3v) is 3.82. The van der Waals surface area contributed by atoms with Gasteiger partial charge in [-0.25, -0.2) is 4.39 Å². The molecule has 0 spiro atoms. The summed E-state index contributed by atoms with van der Waals surface area (Å²) >= 11 is 0. The van der Waals surface area contributed by atoms with Crippen molar-refractivity contribution in [1.82, 2.24) is 14.8 Å². The first-order valence-electron chi connectivity index (χ1n) is 8.13. The number of hydrogen-bond acceptors (Lipinski definition) is 4. The molecule has 26 heavy (non-hydrogen) atoms. The van der Waals surface area contributed by atoms with Crippen molar-refractivity contribution in [2.75, 3.05) is 12.4 Å². The second kappa shape index (κ2) is 7.35. The van der Waals surface area contributed by atoms with E-state index in [2.05, 4.69) is 15.4 Å². The van der Waals surface area contributed by atoms with Crippen LogP contribution in [0.3, 0.4) is 0 Å². The molecule has 3 aromatic rings. The summed E-state index contributed by atoms with van der Waals surface area (Å²) in [5.41, 5.74) is 2.24. The second-order valence-corrected chi connectivity index (χ2v) is 6.07. The second-order valence-electron chi connectivity index (χ2n) is 6.07. The van der Waals surface area contributed by atoms with Gasteiger partial charge in [0.25, 0.3) is 5.91 Å². The van der Waals surface area contributed by atoms with E-state index in [0.29, 0.717) is 11.4 Å². The number of ether oxygens (including phenoxy) is 1. The van der Waals surface area contributed by atoms with E-state index in [-0.39, 0.29) is 11.7 Å². The topological polar surface area (TPSA) is 69.0 Å². The number of rotatable bonds is 5. The lowest BCUT2D eigenvalue weighted by Crippen LogP contribution is -2.13. The molecule has 0 fully saturated rings. The highest BCUT2D eigenvalue weighted by Crippen LogP contribution is 2.22. The Bertz CT molecular complexity index is 937. The van der Waals surface area contributed by atoms with Gasteiger partial charge in [0.15, 0.2) is 0 Å². The normalized spacial score (nSPS) is 10.8. The molecule has 1 N–H and O–H groups in total. The lowest BCUT2D eigenvalue weighted by molar-refractivity contribution is 0.102. The summed E-state index contributed by atoms with van der Waals surface area (Å²) in [6.07, 6.45) is 5.22. The van der Waals surface area contributed by atoms with E-state index < -0.39 is 11.7 Å². The third-order valence-electron chi connectivity index (χ3n) is 3.82. The molecule has 0 atom stereocenters. The number of methoxy groups -OCH3 is 1. The van der Waals surface area contributed by atoms with Gasteiger partial charge in [-0.3, -0.25) is 14.5 Å². The lowest BCUT2D eigenvalue weighted by Gasteiger charge is -2.08. The highest BCUT2D eigenvalue weighted by atomic mass is 19.1. The van der Waals surface area contributed by atoms with E-state index >= 15 is 0 Å². The molecule has 0 saturated heterocycles. The summed E-state index contributed by atoms with van der Waals surface area (Å²) in [6.45, 7) is 4.07. The van der Waals surface area contributed by atoms with Crippen molar-refractivity contribution < 1.29 is 13.9 Å². The first kappa shape index (κ1) is 17.6. The van der Waals surface area contributed by atoms with Crippen molar-refractivity contribution in [3.63, 3.8) is 0 Å². The van der Waals surface area contributed by atoms with Crippen LogP contribution in [0.25, 0.3) is 11.1 Å². The molecule has 3 rings (SSSR count). The van der Waals surface area contributed by atoms with Crippen molar-refractivity contribution >= 4 is 11.6 Å². The number of aromatic nitrogens is 3. The van der Waals surface area contributed by atoms with Crippen LogP contribution in [0.5, 0.6) is 5.75 Å². The van der Waals surface area contributed by atoms with Gasteiger partial charge in [0.05, 0.1) is 13.3 Å². The Morgan fingerprint density at radius 1 is 1.23 bits per heavy atom. The number of hydrogen-bond donors (Lipinski definition) is 1. The van der Waals surface area contributed by atoms with Crippen LogP contribution in [-0.2, 0) is 0 Å². The van der Waals surface area contributed by atoms with Gasteiger partial charge in [-0.1, -0.05) is 0 Å². The predicted octanol–water partition coefficient (Wildman–Crippen LogP) is 3.93. The number of nitrogens with one attached hydrogen (secondary N) is 1. The highest BCUT2D eigenvalue weighted by Gasteiger charge is 2.12. The molecule has 1 amide bonds. The molecule has 0 aliphatic carbocycles. The molecule has 7 heteroatoms. The van der Waals surface area contributed by atoms with Crippen LogP contribution < -0.4 is 10.1 Å². The average molecular weight is 354 g/mol. The van der Waals surface area contributed by atoms with Gasteiger partial charge in [0.2, 0.25) is 0 Å². The minimum Gasteiger partial charge on any atom is -0.497 e. The predicted molar refractivity (Wildman–Crippen MR) is 96.7 cm³/mol. The maximum atomic E-state index is 13.6. The van der Waals surface area contributed by atoms with Crippen LogP contribution in [0.4, 0.5) is 10.1 Å². The first-order chi connectivity index (χ1) is 12.5. The fourth-order valence-electron chi connectivity index (χ4n) is 2.45. The fraction of sp³-hybridized carbons (Fsp3) is 0.211. The number of carbonyl (C=O) groups excluding carboxylic acids is 1. The number of pyridine rings is 1. The average Bonchev–Trinajstić information content (AvgIpc) is 3.11. The molecule has 0 aliphatic rings. The molecule has 0 saturated carbocycles. The quantitative estimate of drug-likeness (QED) is 0.754. The SMILES string of the molecule is COc1cc(F)cc(NC(=O)c2cc(-c3cnn(C(C)C)c3)ccn2)c1. The molecule has 0 bridgehead atoms. The zero-order valence-corrected chi connectivity index (χ0v) is 14.7. The van der Waals surface area contributed by atoms with Gasteiger partial charge in [-0.15, -0.1) is 0 Å². The molecule has 1 aromatic carbocycles. The van der Waals surface area contributed by atoms with Gasteiger partial charge in [0, 0.05) is 41.8 Å². The van der Waals surface area contributed by atoms with E-state index in [1.165, 1.54) is 25.3 Å². The molecule has 0 radical (unpaired) electrons. The smallest absolute Gasteiger partial charge is 0.274 e. The molecule has 0 unspecified atom stereocenters. The van der Waals surface area contributed by atoms with E-state index in [4.69, 9.17) is 4.74 Å². The molecular weight excluding hydrogens is 335 g/mol. The van der Waals surface area contributed by atoms with Gasteiger partial charge >= 0.3 is 0 Å². The van der Waals surface area contributed by atoms with E-state index in [9.17, 15) is 9.18 Å². The summed E-state index contributed by atoms with van der Waals surface area (Å²) < 4.78 is 20.4. The van der Waals surface area contributed by atoms with E-state index in [0.717, 1.165) is 11.1 Å². The monoisotopic (exact) mass is 354 g/mol. The first-order valence-corrected chi connectivity index (χ1v) is 8.13. The summed E-state index contributed by atoms with van der Waals surface area (Å²) in [7, 11) is 1.43. The van der Waals surface area contributed by atoms with Crippen LogP contribution in [0.1, 0.15) is 30.4 Å². The van der Waals surface area contributed by atoms with Gasteiger partial charge < -0.3 is 10.1 Å². The number of benzene rings is 1. The third kappa shape index (κ3) is 3.88. The van der Waals surface area contributed by atoms with Crippen molar-refractivity contribution in [2.45, 2.75) is 19.9 Å². The fourth-order valence-corrected chi connectivity index (χ4v) is 2.45. The van der Waals surface area contributed by atoms with Crippen LogP contribution in [0.2, 0.25) is 0 Å². The lowest BCUT2D eigenvalue weighted by atomic mass is 10.1. The Labute approximate surface area is 150 Å². The number of amides is 1. The number of halogens is 1. The molecule has 0 aliphatic heterocycles. The molecule has 2 aromatic heterocycles. The van der Waals surface area contributed by atoms with Crippen LogP contribution in [-0.4, -0.2) is 27.8 Å². The maximum absolute atomic E-state index is 13.6. The van der Waals surface area contributed by atoms with Crippen molar-refractivity contribution in [2.24, 2.45) is 0 Å². The number of carbonyl (C=O) groups is 1. The van der Waals surface area contributed by atoms with Crippen molar-refractivity contribution in [1.29, 1.82) is 0 Å². The Balaban J connectivity index is 1.83. The van der Waals surface area contributed by atoms with E-state index in [1.54, 1.807) is 18.5 Å². The number of nitrogens with zero attached hydrogens (tertiary/aromatic N) is 3. The molecule has 2 heterocycles. The molecular formula is C19H19FN4O2. The summed E-state index contributed by atoms with van der Waals surface area (Å²) in [5.74, 6) is -0.610. The number of anilines is 1.